The van der Waals surface area contributed by atoms with Gasteiger partial charge in [0.25, 0.3) is 0 Å². The molecule has 0 unspecified atom stereocenters. The molecular formula is C13H14ClFN2O3. The van der Waals surface area contributed by atoms with Gasteiger partial charge in [-0.15, -0.1) is 0 Å². The van der Waals surface area contributed by atoms with E-state index in [-0.39, 0.29) is 17.0 Å². The summed E-state index contributed by atoms with van der Waals surface area (Å²) >= 11 is 5.63. The number of carbonyl (C=O) groups is 2. The van der Waals surface area contributed by atoms with Crippen molar-refractivity contribution in [3.05, 3.63) is 29.0 Å². The number of nitrogens with one attached hydrogen (secondary N) is 1. The zero-order chi connectivity index (χ0) is 14.7. The van der Waals surface area contributed by atoms with Crippen LogP contribution in [-0.2, 0) is 4.79 Å². The fourth-order valence-corrected chi connectivity index (χ4v) is 2.29. The van der Waals surface area contributed by atoms with Crippen LogP contribution >= 0.6 is 11.6 Å². The lowest BCUT2D eigenvalue weighted by Crippen LogP contribution is -2.42. The molecule has 0 radical (unpaired) electrons. The summed E-state index contributed by atoms with van der Waals surface area (Å²) in [4.78, 5) is 24.3. The minimum atomic E-state index is -0.824. The summed E-state index contributed by atoms with van der Waals surface area (Å²) in [5, 5.41) is 11.4. The van der Waals surface area contributed by atoms with Crippen molar-refractivity contribution in [1.82, 2.24) is 4.90 Å². The number of carboxylic acids is 1. The number of aliphatic carboxylic acids is 1. The molecule has 1 saturated heterocycles. The monoisotopic (exact) mass is 300 g/mol. The number of halogens is 2. The highest BCUT2D eigenvalue weighted by Gasteiger charge is 2.26. The van der Waals surface area contributed by atoms with E-state index in [2.05, 4.69) is 5.32 Å². The van der Waals surface area contributed by atoms with Crippen molar-refractivity contribution >= 4 is 29.3 Å². The van der Waals surface area contributed by atoms with E-state index in [4.69, 9.17) is 16.7 Å². The zero-order valence-corrected chi connectivity index (χ0v) is 11.4. The number of likely N-dealkylation sites (tertiary alicyclic amines) is 1. The van der Waals surface area contributed by atoms with Gasteiger partial charge in [0, 0.05) is 18.8 Å². The predicted molar refractivity (Wildman–Crippen MR) is 72.4 cm³/mol. The molecule has 1 aliphatic heterocycles. The van der Waals surface area contributed by atoms with Crippen LogP contribution < -0.4 is 5.32 Å². The number of hydrogen-bond donors (Lipinski definition) is 2. The van der Waals surface area contributed by atoms with Crippen molar-refractivity contribution in [2.75, 3.05) is 18.4 Å². The molecule has 108 valence electrons. The Morgan fingerprint density at radius 3 is 2.55 bits per heavy atom. The van der Waals surface area contributed by atoms with Crippen LogP contribution in [0.3, 0.4) is 0 Å². The summed E-state index contributed by atoms with van der Waals surface area (Å²) in [6.45, 7) is 0.773. The Labute approximate surface area is 120 Å². The van der Waals surface area contributed by atoms with Gasteiger partial charge in [-0.05, 0) is 31.0 Å². The van der Waals surface area contributed by atoms with Gasteiger partial charge in [-0.2, -0.15) is 0 Å². The molecule has 0 aromatic heterocycles. The topological polar surface area (TPSA) is 69.6 Å². The van der Waals surface area contributed by atoms with Crippen LogP contribution in [-0.4, -0.2) is 35.1 Å². The molecule has 0 aliphatic carbocycles. The van der Waals surface area contributed by atoms with Crippen LogP contribution in [0.1, 0.15) is 12.8 Å². The van der Waals surface area contributed by atoms with E-state index in [1.165, 1.54) is 23.1 Å². The number of anilines is 1. The zero-order valence-electron chi connectivity index (χ0n) is 10.6. The van der Waals surface area contributed by atoms with Gasteiger partial charge in [0.1, 0.15) is 5.82 Å². The maximum atomic E-state index is 13.0. The third-order valence-corrected chi connectivity index (χ3v) is 3.59. The highest BCUT2D eigenvalue weighted by atomic mass is 35.5. The van der Waals surface area contributed by atoms with E-state index in [9.17, 15) is 14.0 Å². The second-order valence-electron chi connectivity index (χ2n) is 4.66. The maximum Gasteiger partial charge on any atom is 0.321 e. The summed E-state index contributed by atoms with van der Waals surface area (Å²) < 4.78 is 13.0. The first-order valence-electron chi connectivity index (χ1n) is 6.21. The lowest BCUT2D eigenvalue weighted by Gasteiger charge is -2.30. The van der Waals surface area contributed by atoms with E-state index >= 15 is 0 Å². The number of carbonyl (C=O) groups excluding carboxylic acids is 1. The number of amides is 2. The van der Waals surface area contributed by atoms with Crippen LogP contribution in [0.25, 0.3) is 0 Å². The summed E-state index contributed by atoms with van der Waals surface area (Å²) in [5.41, 5.74) is 0.404. The maximum absolute atomic E-state index is 13.0. The largest absolute Gasteiger partial charge is 0.481 e. The molecule has 0 saturated carbocycles. The van der Waals surface area contributed by atoms with Crippen LogP contribution in [0.5, 0.6) is 0 Å². The molecule has 1 heterocycles. The van der Waals surface area contributed by atoms with Crippen LogP contribution in [0.4, 0.5) is 14.9 Å². The van der Waals surface area contributed by atoms with Crippen molar-refractivity contribution < 1.29 is 19.1 Å². The molecule has 20 heavy (non-hydrogen) atoms. The summed E-state index contributed by atoms with van der Waals surface area (Å²) in [6.07, 6.45) is 0.875. The Balaban J connectivity index is 1.92. The Bertz CT molecular complexity index is 530. The minimum Gasteiger partial charge on any atom is -0.481 e. The lowest BCUT2D eigenvalue weighted by atomic mass is 9.97. The molecule has 5 nitrogen and oxygen atoms in total. The number of rotatable bonds is 2. The quantitative estimate of drug-likeness (QED) is 0.882. The molecule has 1 aromatic rings. The smallest absolute Gasteiger partial charge is 0.321 e. The van der Waals surface area contributed by atoms with E-state index in [0.29, 0.717) is 31.6 Å². The van der Waals surface area contributed by atoms with E-state index in [1.807, 2.05) is 0 Å². The van der Waals surface area contributed by atoms with Gasteiger partial charge in [-0.1, -0.05) is 11.6 Å². The van der Waals surface area contributed by atoms with Crippen LogP contribution in [0, 0.1) is 11.7 Å². The molecule has 1 fully saturated rings. The van der Waals surface area contributed by atoms with Gasteiger partial charge in [-0.3, -0.25) is 4.79 Å². The molecule has 2 rings (SSSR count). The highest BCUT2D eigenvalue weighted by Crippen LogP contribution is 2.21. The molecule has 0 atom stereocenters. The third-order valence-electron chi connectivity index (χ3n) is 3.30. The molecule has 2 amide bonds. The number of benzene rings is 1. The predicted octanol–water partition coefficient (Wildman–Crippen LogP) is 2.81. The van der Waals surface area contributed by atoms with Gasteiger partial charge in [0.05, 0.1) is 10.9 Å². The molecule has 1 aromatic carbocycles. The van der Waals surface area contributed by atoms with Gasteiger partial charge in [0.15, 0.2) is 0 Å². The van der Waals surface area contributed by atoms with Crippen LogP contribution in [0.2, 0.25) is 5.02 Å². The fraction of sp³-hybridized carbons (Fsp3) is 0.385. The van der Waals surface area contributed by atoms with Crippen molar-refractivity contribution in [2.24, 2.45) is 5.92 Å². The Morgan fingerprint density at radius 2 is 2.00 bits per heavy atom. The van der Waals surface area contributed by atoms with Gasteiger partial charge >= 0.3 is 12.0 Å². The highest BCUT2D eigenvalue weighted by molar-refractivity contribution is 6.31. The first-order chi connectivity index (χ1) is 9.47. The standard InChI is InChI=1S/C13H14ClFN2O3/c14-10-7-9(1-2-11(10)15)16-13(20)17-5-3-8(4-6-17)12(18)19/h1-2,7-8H,3-6H2,(H,16,20)(H,18,19). The first-order valence-corrected chi connectivity index (χ1v) is 6.59. The second kappa shape index (κ2) is 6.09. The average molecular weight is 301 g/mol. The first kappa shape index (κ1) is 14.6. The third kappa shape index (κ3) is 3.39. The van der Waals surface area contributed by atoms with E-state index in [1.54, 1.807) is 0 Å². The molecule has 1 aliphatic rings. The Morgan fingerprint density at radius 1 is 1.35 bits per heavy atom. The minimum absolute atomic E-state index is 0.0626. The molecule has 7 heteroatoms. The number of piperidine rings is 1. The van der Waals surface area contributed by atoms with E-state index in [0.717, 1.165) is 0 Å². The molecular weight excluding hydrogens is 287 g/mol. The SMILES string of the molecule is O=C(O)C1CCN(C(=O)Nc2ccc(F)c(Cl)c2)CC1. The van der Waals surface area contributed by atoms with Crippen LogP contribution in [0.15, 0.2) is 18.2 Å². The summed E-state index contributed by atoms with van der Waals surface area (Å²) in [5.74, 6) is -1.76. The molecule has 2 N–H and O–H groups in total. The van der Waals surface area contributed by atoms with Gasteiger partial charge < -0.3 is 15.3 Å². The van der Waals surface area contributed by atoms with Crippen molar-refractivity contribution in [1.29, 1.82) is 0 Å². The number of urea groups is 1. The molecule has 0 spiro atoms. The van der Waals surface area contributed by atoms with Crippen molar-refractivity contribution in [2.45, 2.75) is 12.8 Å². The van der Waals surface area contributed by atoms with Crippen molar-refractivity contribution in [3.63, 3.8) is 0 Å². The fourth-order valence-electron chi connectivity index (χ4n) is 2.11. The number of hydrogen-bond acceptors (Lipinski definition) is 2. The number of carboxylic acid groups (broad SMARTS) is 1. The summed E-state index contributed by atoms with van der Waals surface area (Å²) in [7, 11) is 0. The Kier molecular flexibility index (Phi) is 4.44. The Hall–Kier alpha value is -1.82. The summed E-state index contributed by atoms with van der Waals surface area (Å²) in [6, 6.07) is 3.59. The van der Waals surface area contributed by atoms with E-state index < -0.39 is 11.8 Å². The lowest BCUT2D eigenvalue weighted by molar-refractivity contribution is -0.143. The molecule has 0 bridgehead atoms. The number of nitrogens with zero attached hydrogens (tertiary/aromatic N) is 1. The average Bonchev–Trinajstić information content (AvgIpc) is 2.43. The van der Waals surface area contributed by atoms with Gasteiger partial charge in [0.2, 0.25) is 0 Å². The second-order valence-corrected chi connectivity index (χ2v) is 5.07. The van der Waals surface area contributed by atoms with Crippen molar-refractivity contribution in [3.8, 4) is 0 Å². The normalized spacial score (nSPS) is 16.0. The van der Waals surface area contributed by atoms with Gasteiger partial charge in [-0.25, -0.2) is 9.18 Å².